The molecule has 1 aromatic carbocycles. The number of nitrogens with zero attached hydrogens (tertiary/aromatic N) is 1. The molecule has 0 bridgehead atoms. The molecule has 1 aromatic rings. The van der Waals surface area contributed by atoms with Crippen molar-refractivity contribution in [2.24, 2.45) is 0 Å². The van der Waals surface area contributed by atoms with Crippen molar-refractivity contribution >= 4 is 17.6 Å². The van der Waals surface area contributed by atoms with Gasteiger partial charge in [-0.15, -0.1) is 0 Å². The summed E-state index contributed by atoms with van der Waals surface area (Å²) in [6, 6.07) is 5.72. The molecular weight excluding hydrogens is 262 g/mol. The fourth-order valence-corrected chi connectivity index (χ4v) is 2.46. The molecule has 0 aromatic heterocycles. The van der Waals surface area contributed by atoms with Gasteiger partial charge in [0.05, 0.1) is 5.56 Å². The molecule has 4 heteroatoms. The molecular formula is C15H20ClNO2. The first-order chi connectivity index (χ1) is 9.11. The molecule has 3 nitrogen and oxygen atoms in total. The van der Waals surface area contributed by atoms with Crippen LogP contribution in [0.4, 0.5) is 0 Å². The van der Waals surface area contributed by atoms with E-state index in [-0.39, 0.29) is 5.56 Å². The van der Waals surface area contributed by atoms with Crippen LogP contribution in [0.5, 0.6) is 0 Å². The summed E-state index contributed by atoms with van der Waals surface area (Å²) in [6.45, 7) is 4.11. The Kier molecular flexibility index (Phi) is 4.83. The number of aromatic carboxylic acids is 1. The lowest BCUT2D eigenvalue weighted by molar-refractivity contribution is 0.0697. The molecule has 1 saturated carbocycles. The first-order valence-electron chi connectivity index (χ1n) is 6.87. The Morgan fingerprint density at radius 2 is 2.21 bits per heavy atom. The quantitative estimate of drug-likeness (QED) is 0.826. The van der Waals surface area contributed by atoms with Gasteiger partial charge in [-0.05, 0) is 43.5 Å². The first-order valence-corrected chi connectivity index (χ1v) is 7.25. The third kappa shape index (κ3) is 3.95. The van der Waals surface area contributed by atoms with Gasteiger partial charge in [0.25, 0.3) is 0 Å². The fourth-order valence-electron chi connectivity index (χ4n) is 2.22. The summed E-state index contributed by atoms with van der Waals surface area (Å²) in [4.78, 5) is 13.3. The highest BCUT2D eigenvalue weighted by Gasteiger charge is 2.28. The smallest absolute Gasteiger partial charge is 0.335 e. The van der Waals surface area contributed by atoms with Crippen LogP contribution in [0.2, 0.25) is 5.02 Å². The lowest BCUT2D eigenvalue weighted by Crippen LogP contribution is -2.26. The Bertz CT molecular complexity index is 457. The van der Waals surface area contributed by atoms with Crippen molar-refractivity contribution in [2.45, 2.75) is 45.2 Å². The predicted octanol–water partition coefficient (Wildman–Crippen LogP) is 3.80. The minimum Gasteiger partial charge on any atom is -0.478 e. The van der Waals surface area contributed by atoms with Gasteiger partial charge in [0.1, 0.15) is 0 Å². The van der Waals surface area contributed by atoms with Gasteiger partial charge in [-0.3, -0.25) is 4.90 Å². The average Bonchev–Trinajstić information content (AvgIpc) is 3.20. The zero-order valence-corrected chi connectivity index (χ0v) is 12.0. The summed E-state index contributed by atoms with van der Waals surface area (Å²) in [6.07, 6.45) is 4.93. The van der Waals surface area contributed by atoms with E-state index in [0.29, 0.717) is 11.1 Å². The van der Waals surface area contributed by atoms with Crippen LogP contribution in [0.1, 0.15) is 48.5 Å². The van der Waals surface area contributed by atoms with Crippen molar-refractivity contribution in [3.8, 4) is 0 Å². The maximum atomic E-state index is 10.9. The standard InChI is InChI=1S/C15H20ClNO2/c1-2-3-8-17(13-6-7-13)10-12-5-4-11(15(18)19)9-14(12)16/h4-5,9,13H,2-3,6-8,10H2,1H3,(H,18,19). The van der Waals surface area contributed by atoms with E-state index in [1.54, 1.807) is 12.1 Å². The normalized spacial score (nSPS) is 14.9. The Labute approximate surface area is 119 Å². The van der Waals surface area contributed by atoms with Crippen molar-refractivity contribution in [3.63, 3.8) is 0 Å². The molecule has 0 amide bonds. The van der Waals surface area contributed by atoms with Crippen molar-refractivity contribution in [1.82, 2.24) is 4.90 Å². The summed E-state index contributed by atoms with van der Waals surface area (Å²) in [7, 11) is 0. The molecule has 0 aliphatic heterocycles. The van der Waals surface area contributed by atoms with Gasteiger partial charge in [0.15, 0.2) is 0 Å². The summed E-state index contributed by atoms with van der Waals surface area (Å²) >= 11 is 6.19. The number of benzene rings is 1. The molecule has 104 valence electrons. The third-order valence-corrected chi connectivity index (χ3v) is 3.89. The number of rotatable bonds is 7. The highest BCUT2D eigenvalue weighted by Crippen LogP contribution is 2.30. The van der Waals surface area contributed by atoms with E-state index in [2.05, 4.69) is 11.8 Å². The van der Waals surface area contributed by atoms with Crippen molar-refractivity contribution in [3.05, 3.63) is 34.3 Å². The molecule has 0 spiro atoms. The van der Waals surface area contributed by atoms with Crippen molar-refractivity contribution in [2.75, 3.05) is 6.54 Å². The van der Waals surface area contributed by atoms with Gasteiger partial charge >= 0.3 is 5.97 Å². The maximum Gasteiger partial charge on any atom is 0.335 e. The summed E-state index contributed by atoms with van der Waals surface area (Å²) in [5.74, 6) is -0.932. The molecule has 1 aliphatic carbocycles. The van der Waals surface area contributed by atoms with Gasteiger partial charge in [0, 0.05) is 17.6 Å². The van der Waals surface area contributed by atoms with Crippen LogP contribution in [0.15, 0.2) is 18.2 Å². The molecule has 1 N–H and O–H groups in total. The zero-order valence-electron chi connectivity index (χ0n) is 11.2. The van der Waals surface area contributed by atoms with Gasteiger partial charge in [-0.2, -0.15) is 0 Å². The number of carboxylic acids is 1. The van der Waals surface area contributed by atoms with E-state index in [1.807, 2.05) is 6.07 Å². The Balaban J connectivity index is 2.06. The molecule has 0 saturated heterocycles. The average molecular weight is 282 g/mol. The monoisotopic (exact) mass is 281 g/mol. The second kappa shape index (κ2) is 6.40. The van der Waals surface area contributed by atoms with Crippen LogP contribution >= 0.6 is 11.6 Å². The van der Waals surface area contributed by atoms with Crippen LogP contribution in [-0.4, -0.2) is 28.6 Å². The third-order valence-electron chi connectivity index (χ3n) is 3.54. The molecule has 0 atom stereocenters. The van der Waals surface area contributed by atoms with Crippen LogP contribution in [-0.2, 0) is 6.54 Å². The molecule has 1 aliphatic rings. The second-order valence-electron chi connectivity index (χ2n) is 5.17. The van der Waals surface area contributed by atoms with Crippen LogP contribution < -0.4 is 0 Å². The summed E-state index contributed by atoms with van der Waals surface area (Å²) in [5.41, 5.74) is 1.27. The Hall–Kier alpha value is -1.06. The largest absolute Gasteiger partial charge is 0.478 e. The van der Waals surface area contributed by atoms with E-state index in [4.69, 9.17) is 16.7 Å². The predicted molar refractivity (Wildman–Crippen MR) is 76.8 cm³/mol. The summed E-state index contributed by atoms with van der Waals surface area (Å²) in [5, 5.41) is 9.48. The number of hydrogen-bond donors (Lipinski definition) is 1. The maximum absolute atomic E-state index is 10.9. The number of unbranched alkanes of at least 4 members (excludes halogenated alkanes) is 1. The van der Waals surface area contributed by atoms with Gasteiger partial charge in [0.2, 0.25) is 0 Å². The van der Waals surface area contributed by atoms with Gasteiger partial charge in [-0.1, -0.05) is 31.0 Å². The first kappa shape index (κ1) is 14.4. The lowest BCUT2D eigenvalue weighted by atomic mass is 10.1. The van der Waals surface area contributed by atoms with Crippen LogP contribution in [0.3, 0.4) is 0 Å². The second-order valence-corrected chi connectivity index (χ2v) is 5.57. The van der Waals surface area contributed by atoms with E-state index in [0.717, 1.165) is 18.7 Å². The highest BCUT2D eigenvalue weighted by atomic mass is 35.5. The number of halogens is 1. The van der Waals surface area contributed by atoms with Crippen molar-refractivity contribution in [1.29, 1.82) is 0 Å². The minimum atomic E-state index is -0.932. The van der Waals surface area contributed by atoms with Gasteiger partial charge in [-0.25, -0.2) is 4.79 Å². The van der Waals surface area contributed by atoms with Crippen LogP contribution in [0, 0.1) is 0 Å². The molecule has 2 rings (SSSR count). The topological polar surface area (TPSA) is 40.5 Å². The van der Waals surface area contributed by atoms with E-state index >= 15 is 0 Å². The molecule has 19 heavy (non-hydrogen) atoms. The zero-order chi connectivity index (χ0) is 13.8. The SMILES string of the molecule is CCCCN(Cc1ccc(C(=O)O)cc1Cl)C1CC1. The van der Waals surface area contributed by atoms with E-state index in [9.17, 15) is 4.79 Å². The molecule has 1 fully saturated rings. The van der Waals surface area contributed by atoms with Crippen molar-refractivity contribution < 1.29 is 9.90 Å². The van der Waals surface area contributed by atoms with E-state index in [1.165, 1.54) is 25.7 Å². The Morgan fingerprint density at radius 1 is 1.47 bits per heavy atom. The lowest BCUT2D eigenvalue weighted by Gasteiger charge is -2.22. The minimum absolute atomic E-state index is 0.250. The molecule has 0 unspecified atom stereocenters. The fraction of sp³-hybridized carbons (Fsp3) is 0.533. The number of carboxylic acid groups (broad SMARTS) is 1. The summed E-state index contributed by atoms with van der Waals surface area (Å²) < 4.78 is 0. The van der Waals surface area contributed by atoms with Crippen LogP contribution in [0.25, 0.3) is 0 Å². The molecule has 0 radical (unpaired) electrons. The number of carbonyl (C=O) groups is 1. The van der Waals surface area contributed by atoms with Gasteiger partial charge < -0.3 is 5.11 Å². The number of hydrogen-bond acceptors (Lipinski definition) is 2. The van der Waals surface area contributed by atoms with E-state index < -0.39 is 5.97 Å². The molecule has 0 heterocycles. The Morgan fingerprint density at radius 3 is 2.74 bits per heavy atom. The highest BCUT2D eigenvalue weighted by molar-refractivity contribution is 6.31.